The zero-order chi connectivity index (χ0) is 19.7. The maximum Gasteiger partial charge on any atom is 0.232 e. The summed E-state index contributed by atoms with van der Waals surface area (Å²) in [6.45, 7) is 2.55. The molecule has 4 rings (SSSR count). The summed E-state index contributed by atoms with van der Waals surface area (Å²) in [5, 5.41) is 0. The lowest BCUT2D eigenvalue weighted by Crippen LogP contribution is -2.40. The molecule has 0 spiro atoms. The van der Waals surface area contributed by atoms with Crippen LogP contribution >= 0.6 is 15.9 Å². The van der Waals surface area contributed by atoms with Crippen molar-refractivity contribution in [3.8, 4) is 5.75 Å². The molecule has 0 saturated heterocycles. The van der Waals surface area contributed by atoms with Gasteiger partial charge in [0, 0.05) is 40.2 Å². The fourth-order valence-corrected chi connectivity index (χ4v) is 4.39. The van der Waals surface area contributed by atoms with E-state index in [4.69, 9.17) is 4.74 Å². The molecule has 2 aliphatic rings. The summed E-state index contributed by atoms with van der Waals surface area (Å²) in [5.74, 6) is 0.816. The third-order valence-electron chi connectivity index (χ3n) is 5.35. The Hall–Kier alpha value is -2.40. The first kappa shape index (κ1) is 18.9. The van der Waals surface area contributed by atoms with Crippen molar-refractivity contribution < 1.29 is 14.3 Å². The molecule has 0 saturated carbocycles. The van der Waals surface area contributed by atoms with Gasteiger partial charge in [0.1, 0.15) is 5.75 Å². The number of ketones is 1. The van der Waals surface area contributed by atoms with Gasteiger partial charge < -0.3 is 4.74 Å². The molecule has 2 aromatic carbocycles. The predicted octanol–water partition coefficient (Wildman–Crippen LogP) is 5.38. The van der Waals surface area contributed by atoms with E-state index < -0.39 is 0 Å². The monoisotopic (exact) mass is 439 g/mol. The van der Waals surface area contributed by atoms with Crippen LogP contribution in [0, 0.1) is 0 Å². The number of anilines is 1. The van der Waals surface area contributed by atoms with Gasteiger partial charge in [-0.05, 0) is 61.7 Å². The Balaban J connectivity index is 1.77. The number of benzene rings is 2. The molecular weight excluding hydrogens is 418 g/mol. The van der Waals surface area contributed by atoms with Gasteiger partial charge in [-0.3, -0.25) is 14.5 Å². The van der Waals surface area contributed by atoms with E-state index in [-0.39, 0.29) is 17.6 Å². The summed E-state index contributed by atoms with van der Waals surface area (Å²) < 4.78 is 6.48. The maximum absolute atomic E-state index is 13.1. The van der Waals surface area contributed by atoms with E-state index in [1.54, 1.807) is 4.90 Å². The minimum absolute atomic E-state index is 0.0367. The molecule has 144 valence electrons. The van der Waals surface area contributed by atoms with Crippen LogP contribution in [0.1, 0.15) is 44.1 Å². The van der Waals surface area contributed by atoms with Crippen LogP contribution in [0.2, 0.25) is 0 Å². The molecule has 1 aliphatic heterocycles. The fourth-order valence-electron chi connectivity index (χ4n) is 4.13. The largest absolute Gasteiger partial charge is 0.494 e. The summed E-state index contributed by atoms with van der Waals surface area (Å²) >= 11 is 3.44. The first-order valence-electron chi connectivity index (χ1n) is 9.66. The lowest BCUT2D eigenvalue weighted by molar-refractivity contribution is -0.119. The fraction of sp³-hybridized carbons (Fsp3) is 0.304. The lowest BCUT2D eigenvalue weighted by atomic mass is 9.77. The molecule has 5 heteroatoms. The molecule has 0 fully saturated rings. The zero-order valence-electron chi connectivity index (χ0n) is 15.8. The molecule has 1 heterocycles. The molecule has 1 unspecified atom stereocenters. The van der Waals surface area contributed by atoms with E-state index in [0.717, 1.165) is 45.6 Å². The molecule has 0 aromatic heterocycles. The number of halogens is 1. The number of rotatable bonds is 4. The zero-order valence-corrected chi connectivity index (χ0v) is 17.4. The Bertz CT molecular complexity index is 931. The quantitative estimate of drug-likeness (QED) is 0.642. The van der Waals surface area contributed by atoms with Crippen LogP contribution in [0.4, 0.5) is 5.69 Å². The molecule has 1 aliphatic carbocycles. The predicted molar refractivity (Wildman–Crippen MR) is 112 cm³/mol. The SMILES string of the molecule is CCOc1ccc(C2CC(=O)N(c3ccc(Br)cc3)C3=C2C(=O)CCC3)cc1. The van der Waals surface area contributed by atoms with Crippen molar-refractivity contribution in [3.63, 3.8) is 0 Å². The Kier molecular flexibility index (Phi) is 5.36. The Morgan fingerprint density at radius 3 is 2.43 bits per heavy atom. The average Bonchev–Trinajstić information content (AvgIpc) is 2.69. The maximum atomic E-state index is 13.1. The van der Waals surface area contributed by atoms with Gasteiger partial charge in [0.25, 0.3) is 0 Å². The third-order valence-corrected chi connectivity index (χ3v) is 5.88. The summed E-state index contributed by atoms with van der Waals surface area (Å²) in [6.07, 6.45) is 2.38. The van der Waals surface area contributed by atoms with Gasteiger partial charge in [0.15, 0.2) is 5.78 Å². The Labute approximate surface area is 173 Å². The lowest BCUT2D eigenvalue weighted by Gasteiger charge is -2.38. The van der Waals surface area contributed by atoms with Crippen molar-refractivity contribution in [2.45, 2.75) is 38.5 Å². The molecule has 1 amide bonds. The second-order valence-corrected chi connectivity index (χ2v) is 8.02. The van der Waals surface area contributed by atoms with Crippen LogP contribution in [-0.4, -0.2) is 18.3 Å². The second kappa shape index (κ2) is 7.92. The van der Waals surface area contributed by atoms with Gasteiger partial charge in [-0.25, -0.2) is 0 Å². The van der Waals surface area contributed by atoms with Gasteiger partial charge in [-0.15, -0.1) is 0 Å². The molecule has 28 heavy (non-hydrogen) atoms. The Morgan fingerprint density at radius 1 is 1.04 bits per heavy atom. The Morgan fingerprint density at radius 2 is 1.75 bits per heavy atom. The van der Waals surface area contributed by atoms with E-state index >= 15 is 0 Å². The minimum atomic E-state index is -0.183. The summed E-state index contributed by atoms with van der Waals surface area (Å²) in [7, 11) is 0. The number of hydrogen-bond acceptors (Lipinski definition) is 3. The van der Waals surface area contributed by atoms with Crippen molar-refractivity contribution in [1.82, 2.24) is 0 Å². The van der Waals surface area contributed by atoms with Crippen LogP contribution < -0.4 is 9.64 Å². The number of ether oxygens (including phenoxy) is 1. The third kappa shape index (κ3) is 3.51. The second-order valence-electron chi connectivity index (χ2n) is 7.10. The molecule has 2 aromatic rings. The van der Waals surface area contributed by atoms with Crippen LogP contribution in [-0.2, 0) is 9.59 Å². The topological polar surface area (TPSA) is 46.6 Å². The van der Waals surface area contributed by atoms with E-state index in [2.05, 4.69) is 15.9 Å². The van der Waals surface area contributed by atoms with Gasteiger partial charge in [-0.2, -0.15) is 0 Å². The van der Waals surface area contributed by atoms with Gasteiger partial charge in [-0.1, -0.05) is 28.1 Å². The highest BCUT2D eigenvalue weighted by atomic mass is 79.9. The van der Waals surface area contributed by atoms with Crippen LogP contribution in [0.3, 0.4) is 0 Å². The standard InChI is InChI=1S/C23H22BrNO3/c1-2-28-18-12-6-15(7-13-18)19-14-22(27)25(17-10-8-16(24)9-11-17)20-4-3-5-21(26)23(19)20/h6-13,19H,2-5,14H2,1H3. The average molecular weight is 440 g/mol. The van der Waals surface area contributed by atoms with Crippen LogP contribution in [0.15, 0.2) is 64.3 Å². The van der Waals surface area contributed by atoms with E-state index in [0.29, 0.717) is 19.4 Å². The number of amides is 1. The molecule has 0 bridgehead atoms. The minimum Gasteiger partial charge on any atom is -0.494 e. The number of Topliss-reactive ketones (excluding diaryl/α,β-unsaturated/α-hetero) is 1. The number of carbonyl (C=O) groups excluding carboxylic acids is 2. The van der Waals surface area contributed by atoms with Gasteiger partial charge in [0.05, 0.1) is 6.61 Å². The van der Waals surface area contributed by atoms with Crippen LogP contribution in [0.5, 0.6) is 5.75 Å². The first-order chi connectivity index (χ1) is 13.6. The van der Waals surface area contributed by atoms with Gasteiger partial charge >= 0.3 is 0 Å². The normalized spacial score (nSPS) is 19.6. The van der Waals surface area contributed by atoms with Crippen molar-refractivity contribution >= 4 is 33.3 Å². The van der Waals surface area contributed by atoms with Crippen LogP contribution in [0.25, 0.3) is 0 Å². The molecule has 4 nitrogen and oxygen atoms in total. The van der Waals surface area contributed by atoms with Crippen molar-refractivity contribution in [2.75, 3.05) is 11.5 Å². The van der Waals surface area contributed by atoms with Crippen molar-refractivity contribution in [1.29, 1.82) is 0 Å². The van der Waals surface area contributed by atoms with E-state index in [1.807, 2.05) is 55.5 Å². The summed E-state index contributed by atoms with van der Waals surface area (Å²) in [6, 6.07) is 15.5. The highest BCUT2D eigenvalue weighted by Crippen LogP contribution is 2.43. The molecule has 1 atom stereocenters. The first-order valence-corrected chi connectivity index (χ1v) is 10.4. The summed E-state index contributed by atoms with van der Waals surface area (Å²) in [5.41, 5.74) is 3.49. The van der Waals surface area contributed by atoms with Crippen molar-refractivity contribution in [3.05, 3.63) is 69.8 Å². The van der Waals surface area contributed by atoms with Gasteiger partial charge in [0.2, 0.25) is 5.91 Å². The smallest absolute Gasteiger partial charge is 0.232 e. The molecular formula is C23H22BrNO3. The number of nitrogens with zero attached hydrogens (tertiary/aromatic N) is 1. The highest BCUT2D eigenvalue weighted by Gasteiger charge is 2.39. The summed E-state index contributed by atoms with van der Waals surface area (Å²) in [4.78, 5) is 27.8. The van der Waals surface area contributed by atoms with E-state index in [1.165, 1.54) is 0 Å². The number of hydrogen-bond donors (Lipinski definition) is 0. The van der Waals surface area contributed by atoms with E-state index in [9.17, 15) is 9.59 Å². The number of carbonyl (C=O) groups is 2. The number of allylic oxidation sites excluding steroid dienone is 2. The van der Waals surface area contributed by atoms with Crippen molar-refractivity contribution in [2.24, 2.45) is 0 Å². The molecule has 0 N–H and O–H groups in total. The molecule has 0 radical (unpaired) electrons. The highest BCUT2D eigenvalue weighted by molar-refractivity contribution is 9.10.